The average molecular weight is 365 g/mol. The van der Waals surface area contributed by atoms with Gasteiger partial charge in [-0.05, 0) is 56.8 Å². The Kier molecular flexibility index (Phi) is 4.88. The second-order valence-electron chi connectivity index (χ2n) is 6.85. The molecule has 0 aromatic heterocycles. The van der Waals surface area contributed by atoms with E-state index in [9.17, 15) is 4.79 Å². The van der Waals surface area contributed by atoms with Gasteiger partial charge < -0.3 is 10.6 Å². The molecule has 0 radical (unpaired) electrons. The van der Waals surface area contributed by atoms with Gasteiger partial charge in [-0.1, -0.05) is 40.9 Å². The maximum absolute atomic E-state index is 13.1. The Hall–Kier alpha value is -0.870. The molecule has 2 fully saturated rings. The number of amides is 1. The molecule has 1 heterocycles. The van der Waals surface area contributed by atoms with Crippen molar-refractivity contribution in [2.24, 2.45) is 0 Å². The molecule has 1 aromatic rings. The molecule has 1 saturated heterocycles. The zero-order chi connectivity index (χ0) is 15.6. The molecule has 22 heavy (non-hydrogen) atoms. The smallest absolute Gasteiger partial charge is 0.230 e. The van der Waals surface area contributed by atoms with Gasteiger partial charge in [0.1, 0.15) is 0 Å². The maximum Gasteiger partial charge on any atom is 0.230 e. The van der Waals surface area contributed by atoms with Crippen LogP contribution in [-0.2, 0) is 10.2 Å². The first-order valence-electron chi connectivity index (χ1n) is 8.40. The summed E-state index contributed by atoms with van der Waals surface area (Å²) in [6, 6.07) is 9.10. The lowest BCUT2D eigenvalue weighted by atomic mass is 9.77. The van der Waals surface area contributed by atoms with Crippen molar-refractivity contribution in [1.29, 1.82) is 0 Å². The van der Waals surface area contributed by atoms with E-state index >= 15 is 0 Å². The van der Waals surface area contributed by atoms with Crippen molar-refractivity contribution in [3.05, 3.63) is 34.3 Å². The monoisotopic (exact) mass is 364 g/mol. The zero-order valence-electron chi connectivity index (χ0n) is 13.2. The summed E-state index contributed by atoms with van der Waals surface area (Å²) in [5.41, 5.74) is 0.844. The SMILES string of the molecule is CC1CC(NC(=O)C2(c3cccc(Br)c3)CCCC2)CCN1. The summed E-state index contributed by atoms with van der Waals surface area (Å²) in [5.74, 6) is 0.238. The number of hydrogen-bond donors (Lipinski definition) is 2. The quantitative estimate of drug-likeness (QED) is 0.861. The molecule has 4 heteroatoms. The lowest BCUT2D eigenvalue weighted by Gasteiger charge is -2.34. The van der Waals surface area contributed by atoms with Gasteiger partial charge in [-0.2, -0.15) is 0 Å². The fraction of sp³-hybridized carbons (Fsp3) is 0.611. The van der Waals surface area contributed by atoms with Crippen LogP contribution in [0.1, 0.15) is 51.0 Å². The van der Waals surface area contributed by atoms with Crippen LogP contribution in [0.4, 0.5) is 0 Å². The summed E-state index contributed by atoms with van der Waals surface area (Å²) in [7, 11) is 0. The Bertz CT molecular complexity index is 540. The molecule has 1 amide bonds. The second-order valence-corrected chi connectivity index (χ2v) is 7.77. The van der Waals surface area contributed by atoms with E-state index in [2.05, 4.69) is 45.6 Å². The van der Waals surface area contributed by atoms with Gasteiger partial charge in [-0.3, -0.25) is 4.79 Å². The molecule has 1 aromatic carbocycles. The highest BCUT2D eigenvalue weighted by molar-refractivity contribution is 9.10. The first-order chi connectivity index (χ1) is 10.6. The van der Waals surface area contributed by atoms with E-state index < -0.39 is 0 Å². The molecule has 2 aliphatic rings. The Morgan fingerprint density at radius 3 is 2.82 bits per heavy atom. The minimum atomic E-state index is -0.322. The molecular formula is C18H25BrN2O. The van der Waals surface area contributed by atoms with Crippen molar-refractivity contribution < 1.29 is 4.79 Å². The number of carbonyl (C=O) groups excluding carboxylic acids is 1. The molecule has 0 bridgehead atoms. The van der Waals surface area contributed by atoms with E-state index in [1.807, 2.05) is 12.1 Å². The summed E-state index contributed by atoms with van der Waals surface area (Å²) in [6.45, 7) is 3.19. The molecule has 1 aliphatic heterocycles. The number of piperidine rings is 1. The van der Waals surface area contributed by atoms with Crippen LogP contribution in [0.2, 0.25) is 0 Å². The zero-order valence-corrected chi connectivity index (χ0v) is 14.8. The van der Waals surface area contributed by atoms with Crippen molar-refractivity contribution in [2.75, 3.05) is 6.54 Å². The number of benzene rings is 1. The maximum atomic E-state index is 13.1. The third-order valence-corrected chi connectivity index (χ3v) is 5.72. The molecule has 3 nitrogen and oxygen atoms in total. The van der Waals surface area contributed by atoms with E-state index in [1.165, 1.54) is 5.56 Å². The Morgan fingerprint density at radius 2 is 2.14 bits per heavy atom. The summed E-state index contributed by atoms with van der Waals surface area (Å²) in [5, 5.41) is 6.80. The van der Waals surface area contributed by atoms with Crippen LogP contribution in [0.15, 0.2) is 28.7 Å². The second kappa shape index (κ2) is 6.71. The van der Waals surface area contributed by atoms with Crippen molar-refractivity contribution in [2.45, 2.75) is 62.9 Å². The molecular weight excluding hydrogens is 340 g/mol. The van der Waals surface area contributed by atoms with Gasteiger partial charge in [0.05, 0.1) is 5.41 Å². The summed E-state index contributed by atoms with van der Waals surface area (Å²) in [6.07, 6.45) is 6.28. The van der Waals surface area contributed by atoms with Crippen molar-refractivity contribution in [3.63, 3.8) is 0 Å². The van der Waals surface area contributed by atoms with Gasteiger partial charge in [0.2, 0.25) is 5.91 Å². The molecule has 2 unspecified atom stereocenters. The average Bonchev–Trinajstić information content (AvgIpc) is 2.98. The highest BCUT2D eigenvalue weighted by Gasteiger charge is 2.43. The molecule has 3 rings (SSSR count). The van der Waals surface area contributed by atoms with Gasteiger partial charge >= 0.3 is 0 Å². The van der Waals surface area contributed by atoms with Gasteiger partial charge in [-0.25, -0.2) is 0 Å². The van der Waals surface area contributed by atoms with E-state index in [4.69, 9.17) is 0 Å². The normalized spacial score (nSPS) is 27.5. The van der Waals surface area contributed by atoms with Crippen molar-refractivity contribution in [1.82, 2.24) is 10.6 Å². The molecule has 2 N–H and O–H groups in total. The summed E-state index contributed by atoms with van der Waals surface area (Å²) < 4.78 is 1.06. The predicted molar refractivity (Wildman–Crippen MR) is 92.9 cm³/mol. The van der Waals surface area contributed by atoms with Crippen LogP contribution in [0, 0.1) is 0 Å². The van der Waals surface area contributed by atoms with E-state index in [1.54, 1.807) is 0 Å². The number of hydrogen-bond acceptors (Lipinski definition) is 2. The topological polar surface area (TPSA) is 41.1 Å². The molecule has 120 valence electrons. The van der Waals surface area contributed by atoms with Crippen molar-refractivity contribution in [3.8, 4) is 0 Å². The number of rotatable bonds is 3. The lowest BCUT2D eigenvalue weighted by molar-refractivity contribution is -0.127. The van der Waals surface area contributed by atoms with Gasteiger partial charge in [0, 0.05) is 16.6 Å². The van der Waals surface area contributed by atoms with Gasteiger partial charge in [0.25, 0.3) is 0 Å². The van der Waals surface area contributed by atoms with Crippen molar-refractivity contribution >= 4 is 21.8 Å². The number of nitrogens with one attached hydrogen (secondary N) is 2. The van der Waals surface area contributed by atoms with Crippen LogP contribution < -0.4 is 10.6 Å². The highest BCUT2D eigenvalue weighted by Crippen LogP contribution is 2.42. The third-order valence-electron chi connectivity index (χ3n) is 5.23. The molecule has 1 saturated carbocycles. The predicted octanol–water partition coefficient (Wildman–Crippen LogP) is 3.52. The van der Waals surface area contributed by atoms with E-state index in [0.29, 0.717) is 12.1 Å². The Balaban J connectivity index is 1.80. The van der Waals surface area contributed by atoms with Crippen LogP contribution in [0.3, 0.4) is 0 Å². The first kappa shape index (κ1) is 16.0. The minimum Gasteiger partial charge on any atom is -0.352 e. The number of carbonyl (C=O) groups is 1. The summed E-state index contributed by atoms with van der Waals surface area (Å²) >= 11 is 3.55. The third kappa shape index (κ3) is 3.23. The van der Waals surface area contributed by atoms with Gasteiger partial charge in [-0.15, -0.1) is 0 Å². The first-order valence-corrected chi connectivity index (χ1v) is 9.20. The lowest BCUT2D eigenvalue weighted by Crippen LogP contribution is -2.51. The van der Waals surface area contributed by atoms with E-state index in [0.717, 1.165) is 49.5 Å². The van der Waals surface area contributed by atoms with Gasteiger partial charge in [0.15, 0.2) is 0 Å². The highest BCUT2D eigenvalue weighted by atomic mass is 79.9. The summed E-state index contributed by atoms with van der Waals surface area (Å²) in [4.78, 5) is 13.1. The van der Waals surface area contributed by atoms with Crippen LogP contribution >= 0.6 is 15.9 Å². The van der Waals surface area contributed by atoms with Crippen LogP contribution in [0.5, 0.6) is 0 Å². The van der Waals surface area contributed by atoms with Crippen LogP contribution in [-0.4, -0.2) is 24.5 Å². The number of halogens is 1. The largest absolute Gasteiger partial charge is 0.352 e. The fourth-order valence-electron chi connectivity index (χ4n) is 4.00. The van der Waals surface area contributed by atoms with E-state index in [-0.39, 0.29) is 11.3 Å². The molecule has 1 aliphatic carbocycles. The fourth-order valence-corrected chi connectivity index (χ4v) is 4.40. The standard InChI is InChI=1S/C18H25BrN2O/c1-13-11-16(7-10-20-13)21-17(22)18(8-2-3-9-18)14-5-4-6-15(19)12-14/h4-6,12-13,16,20H,2-3,7-11H2,1H3,(H,21,22). The van der Waals surface area contributed by atoms with Crippen LogP contribution in [0.25, 0.3) is 0 Å². The minimum absolute atomic E-state index is 0.238. The molecule has 2 atom stereocenters. The Labute approximate surface area is 141 Å². The molecule has 0 spiro atoms. The Morgan fingerprint density at radius 1 is 1.36 bits per heavy atom.